The number of nitrogens with one attached hydrogen (secondary N) is 1. The van der Waals surface area contributed by atoms with Crippen LogP contribution >= 0.6 is 0 Å². The summed E-state index contributed by atoms with van der Waals surface area (Å²) in [4.78, 5) is 14.2. The van der Waals surface area contributed by atoms with E-state index in [-0.39, 0.29) is 5.91 Å². The zero-order chi connectivity index (χ0) is 12.6. The van der Waals surface area contributed by atoms with E-state index in [1.807, 2.05) is 13.8 Å². The van der Waals surface area contributed by atoms with E-state index in [9.17, 15) is 4.79 Å². The smallest absolute Gasteiger partial charge is 0.245 e. The highest BCUT2D eigenvalue weighted by molar-refractivity contribution is 5.91. The van der Waals surface area contributed by atoms with E-state index in [2.05, 4.69) is 42.3 Å². The highest BCUT2D eigenvalue weighted by Crippen LogP contribution is 2.31. The summed E-state index contributed by atoms with van der Waals surface area (Å²) in [6.07, 6.45) is 0. The molecule has 0 atom stereocenters. The summed E-state index contributed by atoms with van der Waals surface area (Å²) in [5, 5.41) is 2.93. The van der Waals surface area contributed by atoms with Crippen LogP contribution in [0.4, 0.5) is 5.69 Å². The average Bonchev–Trinajstić information content (AvgIpc) is 2.24. The van der Waals surface area contributed by atoms with Gasteiger partial charge in [-0.2, -0.15) is 0 Å². The molecule has 1 heterocycles. The molecule has 0 aliphatic carbocycles. The Balaban J connectivity index is 2.49. The summed E-state index contributed by atoms with van der Waals surface area (Å²) < 4.78 is 0. The molecule has 1 aromatic carbocycles. The quantitative estimate of drug-likeness (QED) is 0.803. The molecule has 1 aliphatic rings. The predicted octanol–water partition coefficient (Wildman–Crippen LogP) is 2.02. The lowest BCUT2D eigenvalue weighted by Crippen LogP contribution is -2.62. The minimum atomic E-state index is -0.477. The number of anilines is 1. The molecule has 17 heavy (non-hydrogen) atoms. The number of amides is 1. The van der Waals surface area contributed by atoms with E-state index >= 15 is 0 Å². The van der Waals surface area contributed by atoms with Crippen LogP contribution in [0.2, 0.25) is 0 Å². The first kappa shape index (κ1) is 12.0. The van der Waals surface area contributed by atoms with Crippen LogP contribution in [0.15, 0.2) is 18.2 Å². The molecule has 0 aromatic heterocycles. The fourth-order valence-corrected chi connectivity index (χ4v) is 2.52. The predicted molar refractivity (Wildman–Crippen MR) is 70.4 cm³/mol. The van der Waals surface area contributed by atoms with Crippen LogP contribution in [0, 0.1) is 13.8 Å². The molecular weight excluding hydrogens is 212 g/mol. The standard InChI is InChI=1S/C14H20N2O/c1-10-6-5-7-11(2)12(10)16-9-8-15-13(17)14(16,3)4/h5-7H,8-9H2,1-4H3,(H,15,17). The van der Waals surface area contributed by atoms with Gasteiger partial charge in [-0.1, -0.05) is 18.2 Å². The van der Waals surface area contributed by atoms with Gasteiger partial charge in [0.05, 0.1) is 0 Å². The molecule has 2 rings (SSSR count). The number of benzene rings is 1. The monoisotopic (exact) mass is 232 g/mol. The lowest BCUT2D eigenvalue weighted by atomic mass is 9.95. The third kappa shape index (κ3) is 1.90. The van der Waals surface area contributed by atoms with E-state index in [4.69, 9.17) is 0 Å². The first-order chi connectivity index (χ1) is 7.94. The fourth-order valence-electron chi connectivity index (χ4n) is 2.52. The maximum atomic E-state index is 12.0. The van der Waals surface area contributed by atoms with Gasteiger partial charge in [0.15, 0.2) is 0 Å². The summed E-state index contributed by atoms with van der Waals surface area (Å²) in [5.41, 5.74) is 3.18. The highest BCUT2D eigenvalue weighted by Gasteiger charge is 2.38. The first-order valence-corrected chi connectivity index (χ1v) is 6.07. The Bertz CT molecular complexity index is 431. The van der Waals surface area contributed by atoms with E-state index in [1.165, 1.54) is 16.8 Å². The van der Waals surface area contributed by atoms with Crippen molar-refractivity contribution < 1.29 is 4.79 Å². The van der Waals surface area contributed by atoms with Crippen molar-refractivity contribution in [1.82, 2.24) is 5.32 Å². The number of hydrogen-bond acceptors (Lipinski definition) is 2. The Kier molecular flexibility index (Phi) is 2.86. The maximum Gasteiger partial charge on any atom is 0.245 e. The number of piperazine rings is 1. The van der Waals surface area contributed by atoms with E-state index in [0.717, 1.165) is 13.1 Å². The number of hydrogen-bond donors (Lipinski definition) is 1. The van der Waals surface area contributed by atoms with Gasteiger partial charge in [-0.15, -0.1) is 0 Å². The summed E-state index contributed by atoms with van der Waals surface area (Å²) >= 11 is 0. The number of aryl methyl sites for hydroxylation is 2. The molecule has 1 aliphatic heterocycles. The molecule has 1 N–H and O–H groups in total. The van der Waals surface area contributed by atoms with Gasteiger partial charge in [-0.25, -0.2) is 0 Å². The number of carbonyl (C=O) groups is 1. The third-order valence-corrected chi connectivity index (χ3v) is 3.56. The lowest BCUT2D eigenvalue weighted by molar-refractivity contribution is -0.126. The Morgan fingerprint density at radius 1 is 1.24 bits per heavy atom. The Morgan fingerprint density at radius 3 is 2.41 bits per heavy atom. The van der Waals surface area contributed by atoms with Crippen molar-refractivity contribution in [2.24, 2.45) is 0 Å². The second kappa shape index (κ2) is 4.06. The van der Waals surface area contributed by atoms with Crippen molar-refractivity contribution in [2.45, 2.75) is 33.2 Å². The van der Waals surface area contributed by atoms with E-state index in [0.29, 0.717) is 0 Å². The topological polar surface area (TPSA) is 32.3 Å². The van der Waals surface area contributed by atoms with Crippen LogP contribution < -0.4 is 10.2 Å². The molecular formula is C14H20N2O. The van der Waals surface area contributed by atoms with Crippen LogP contribution in [0.1, 0.15) is 25.0 Å². The largest absolute Gasteiger partial charge is 0.355 e. The molecule has 0 saturated carbocycles. The van der Waals surface area contributed by atoms with E-state index in [1.54, 1.807) is 0 Å². The molecule has 1 saturated heterocycles. The maximum absolute atomic E-state index is 12.0. The molecule has 0 unspecified atom stereocenters. The fraction of sp³-hybridized carbons (Fsp3) is 0.500. The second-order valence-corrected chi connectivity index (χ2v) is 5.21. The van der Waals surface area contributed by atoms with Crippen molar-refractivity contribution in [2.75, 3.05) is 18.0 Å². The number of rotatable bonds is 1. The molecule has 1 fully saturated rings. The van der Waals surface area contributed by atoms with Gasteiger partial charge in [-0.3, -0.25) is 4.79 Å². The number of nitrogens with zero attached hydrogens (tertiary/aromatic N) is 1. The highest BCUT2D eigenvalue weighted by atomic mass is 16.2. The number of carbonyl (C=O) groups excluding carboxylic acids is 1. The van der Waals surface area contributed by atoms with Gasteiger partial charge >= 0.3 is 0 Å². The average molecular weight is 232 g/mol. The molecule has 1 amide bonds. The lowest BCUT2D eigenvalue weighted by Gasteiger charge is -2.44. The molecule has 1 aromatic rings. The molecule has 3 nitrogen and oxygen atoms in total. The summed E-state index contributed by atoms with van der Waals surface area (Å²) in [6.45, 7) is 9.75. The van der Waals surface area contributed by atoms with Crippen LogP contribution in [0.5, 0.6) is 0 Å². The minimum Gasteiger partial charge on any atom is -0.355 e. The zero-order valence-corrected chi connectivity index (χ0v) is 11.0. The second-order valence-electron chi connectivity index (χ2n) is 5.21. The van der Waals surface area contributed by atoms with Gasteiger partial charge in [0.1, 0.15) is 5.54 Å². The van der Waals surface area contributed by atoms with Crippen molar-refractivity contribution in [3.63, 3.8) is 0 Å². The SMILES string of the molecule is Cc1cccc(C)c1N1CCNC(=O)C1(C)C. The van der Waals surface area contributed by atoms with Gasteiger partial charge < -0.3 is 10.2 Å². The minimum absolute atomic E-state index is 0.103. The molecule has 3 heteroatoms. The van der Waals surface area contributed by atoms with Crippen LogP contribution in [-0.4, -0.2) is 24.5 Å². The molecule has 0 bridgehead atoms. The Hall–Kier alpha value is -1.51. The van der Waals surface area contributed by atoms with Crippen molar-refractivity contribution in [1.29, 1.82) is 0 Å². The zero-order valence-electron chi connectivity index (χ0n) is 11.0. The molecule has 0 spiro atoms. The van der Waals surface area contributed by atoms with Gasteiger partial charge in [0.2, 0.25) is 5.91 Å². The first-order valence-electron chi connectivity index (χ1n) is 6.07. The van der Waals surface area contributed by atoms with Crippen molar-refractivity contribution in [3.05, 3.63) is 29.3 Å². The van der Waals surface area contributed by atoms with E-state index < -0.39 is 5.54 Å². The number of para-hydroxylation sites is 1. The molecule has 92 valence electrons. The Labute approximate surface area is 103 Å². The summed E-state index contributed by atoms with van der Waals surface area (Å²) in [6, 6.07) is 6.26. The molecule has 0 radical (unpaired) electrons. The summed E-state index contributed by atoms with van der Waals surface area (Å²) in [5.74, 6) is 0.103. The van der Waals surface area contributed by atoms with Crippen molar-refractivity contribution in [3.8, 4) is 0 Å². The normalized spacial score (nSPS) is 19.1. The van der Waals surface area contributed by atoms with Gasteiger partial charge in [0, 0.05) is 18.8 Å². The summed E-state index contributed by atoms with van der Waals surface area (Å²) in [7, 11) is 0. The van der Waals surface area contributed by atoms with Crippen LogP contribution in [0.25, 0.3) is 0 Å². The van der Waals surface area contributed by atoms with Crippen LogP contribution in [0.3, 0.4) is 0 Å². The van der Waals surface area contributed by atoms with Gasteiger partial charge in [0.25, 0.3) is 0 Å². The van der Waals surface area contributed by atoms with Gasteiger partial charge in [-0.05, 0) is 38.8 Å². The third-order valence-electron chi connectivity index (χ3n) is 3.56. The van der Waals surface area contributed by atoms with Crippen LogP contribution in [-0.2, 0) is 4.79 Å². The Morgan fingerprint density at radius 2 is 1.82 bits per heavy atom. The van der Waals surface area contributed by atoms with Crippen molar-refractivity contribution >= 4 is 11.6 Å².